The minimum atomic E-state index is -1.61. The van der Waals surface area contributed by atoms with Gasteiger partial charge in [-0.1, -0.05) is 12.1 Å². The molecule has 92 valence electrons. The molecule has 1 aliphatic heterocycles. The largest absolute Gasteiger partial charge is 0.368 e. The van der Waals surface area contributed by atoms with Crippen LogP contribution >= 0.6 is 0 Å². The first kappa shape index (κ1) is 12.0. The Hall–Kier alpha value is -1.49. The van der Waals surface area contributed by atoms with Gasteiger partial charge in [0.15, 0.2) is 0 Å². The summed E-state index contributed by atoms with van der Waals surface area (Å²) in [5.41, 5.74) is 3.94. The summed E-state index contributed by atoms with van der Waals surface area (Å²) >= 11 is 0. The summed E-state index contributed by atoms with van der Waals surface area (Å²) < 4.78 is 27.5. The number of carbonyl (C=O) groups excluding carboxylic acids is 1. The number of hydrogen-bond donors (Lipinski definition) is 2. The van der Waals surface area contributed by atoms with E-state index in [1.54, 1.807) is 0 Å². The Morgan fingerprint density at radius 1 is 1.41 bits per heavy atom. The smallest absolute Gasteiger partial charge is 0.234 e. The van der Waals surface area contributed by atoms with Crippen molar-refractivity contribution in [3.8, 4) is 0 Å². The van der Waals surface area contributed by atoms with Gasteiger partial charge in [-0.3, -0.25) is 4.79 Å². The van der Waals surface area contributed by atoms with E-state index >= 15 is 0 Å². The maximum atomic E-state index is 14.7. The van der Waals surface area contributed by atoms with E-state index in [0.717, 1.165) is 0 Å². The molecule has 1 aromatic rings. The summed E-state index contributed by atoms with van der Waals surface area (Å²) in [5.74, 6) is -0.966. The molecule has 1 fully saturated rings. The number of nitrogens with one attached hydrogen (secondary N) is 1. The second-order valence-electron chi connectivity index (χ2n) is 4.34. The lowest BCUT2D eigenvalue weighted by Gasteiger charge is -2.34. The first-order valence-corrected chi connectivity index (χ1v) is 5.49. The molecule has 1 amide bonds. The third-order valence-electron chi connectivity index (χ3n) is 3.14. The van der Waals surface area contributed by atoms with Gasteiger partial charge in [0.25, 0.3) is 0 Å². The van der Waals surface area contributed by atoms with Gasteiger partial charge < -0.3 is 11.1 Å². The van der Waals surface area contributed by atoms with Crippen LogP contribution in [0.15, 0.2) is 24.3 Å². The van der Waals surface area contributed by atoms with Gasteiger partial charge in [0.2, 0.25) is 5.91 Å². The Kier molecular flexibility index (Phi) is 3.11. The van der Waals surface area contributed by atoms with Crippen molar-refractivity contribution in [3.63, 3.8) is 0 Å². The molecule has 1 aromatic carbocycles. The molecule has 5 heteroatoms. The Morgan fingerprint density at radius 3 is 2.65 bits per heavy atom. The van der Waals surface area contributed by atoms with Crippen molar-refractivity contribution in [2.75, 3.05) is 6.54 Å². The normalized spacial score (nSPS) is 28.9. The lowest BCUT2D eigenvalue weighted by Crippen LogP contribution is -2.50. The predicted octanol–water partition coefficient (Wildman–Crippen LogP) is 1.23. The summed E-state index contributed by atoms with van der Waals surface area (Å²) in [7, 11) is 0. The van der Waals surface area contributed by atoms with E-state index in [2.05, 4.69) is 5.32 Å². The van der Waals surface area contributed by atoms with Crippen LogP contribution in [0.25, 0.3) is 0 Å². The molecule has 3 nitrogen and oxygen atoms in total. The van der Waals surface area contributed by atoms with E-state index in [1.807, 2.05) is 0 Å². The summed E-state index contributed by atoms with van der Waals surface area (Å²) in [5, 5.41) is 2.87. The zero-order chi connectivity index (χ0) is 12.5. The summed E-state index contributed by atoms with van der Waals surface area (Å²) in [6.45, 7) is 0.376. The van der Waals surface area contributed by atoms with Crippen LogP contribution in [0.5, 0.6) is 0 Å². The summed E-state index contributed by atoms with van der Waals surface area (Å²) in [4.78, 5) is 11.1. The van der Waals surface area contributed by atoms with Crippen LogP contribution in [0.2, 0.25) is 0 Å². The number of hydrogen-bond acceptors (Lipinski definition) is 2. The molecule has 2 atom stereocenters. The SMILES string of the molecule is NC(=O)C1CC(F)(c2ccc(F)cc2)CCN1. The van der Waals surface area contributed by atoms with Crippen LogP contribution in [0.4, 0.5) is 8.78 Å². The van der Waals surface area contributed by atoms with Gasteiger partial charge >= 0.3 is 0 Å². The van der Waals surface area contributed by atoms with Crippen molar-refractivity contribution in [1.82, 2.24) is 5.32 Å². The maximum Gasteiger partial charge on any atom is 0.234 e. The van der Waals surface area contributed by atoms with Gasteiger partial charge in [-0.05, 0) is 30.7 Å². The Labute approximate surface area is 98.0 Å². The Bertz CT molecular complexity index is 421. The maximum absolute atomic E-state index is 14.7. The van der Waals surface area contributed by atoms with Crippen molar-refractivity contribution >= 4 is 5.91 Å². The van der Waals surface area contributed by atoms with Crippen molar-refractivity contribution in [1.29, 1.82) is 0 Å². The highest BCUT2D eigenvalue weighted by Gasteiger charge is 2.39. The molecular weight excluding hydrogens is 226 g/mol. The highest BCUT2D eigenvalue weighted by atomic mass is 19.1. The summed E-state index contributed by atoms with van der Waals surface area (Å²) in [6, 6.07) is 4.60. The molecule has 0 aliphatic carbocycles. The van der Waals surface area contributed by atoms with Crippen LogP contribution in [-0.4, -0.2) is 18.5 Å². The van der Waals surface area contributed by atoms with Crippen molar-refractivity contribution in [3.05, 3.63) is 35.6 Å². The monoisotopic (exact) mass is 240 g/mol. The lowest BCUT2D eigenvalue weighted by molar-refractivity contribution is -0.122. The number of halogens is 2. The number of nitrogens with two attached hydrogens (primary N) is 1. The predicted molar refractivity (Wildman–Crippen MR) is 59.4 cm³/mol. The van der Waals surface area contributed by atoms with Crippen LogP contribution in [0.1, 0.15) is 18.4 Å². The number of primary amides is 1. The number of rotatable bonds is 2. The minimum Gasteiger partial charge on any atom is -0.368 e. The molecule has 0 bridgehead atoms. The molecular formula is C12H14F2N2O. The highest BCUT2D eigenvalue weighted by molar-refractivity contribution is 5.80. The highest BCUT2D eigenvalue weighted by Crippen LogP contribution is 2.36. The molecule has 0 aromatic heterocycles. The fourth-order valence-electron chi connectivity index (χ4n) is 2.15. The van der Waals surface area contributed by atoms with Gasteiger partial charge in [0, 0.05) is 6.42 Å². The molecule has 0 spiro atoms. The first-order valence-electron chi connectivity index (χ1n) is 5.49. The fourth-order valence-corrected chi connectivity index (χ4v) is 2.15. The van der Waals surface area contributed by atoms with E-state index in [9.17, 15) is 13.6 Å². The molecule has 2 rings (SSSR count). The van der Waals surface area contributed by atoms with Gasteiger partial charge in [-0.15, -0.1) is 0 Å². The zero-order valence-corrected chi connectivity index (χ0v) is 9.25. The second-order valence-corrected chi connectivity index (χ2v) is 4.34. The average molecular weight is 240 g/mol. The standard InChI is InChI=1S/C12H14F2N2O/c13-9-3-1-8(2-4-9)12(14)5-6-16-10(7-12)11(15)17/h1-4,10,16H,5-7H2,(H2,15,17). The number of carbonyl (C=O) groups is 1. The molecule has 3 N–H and O–H groups in total. The van der Waals surface area contributed by atoms with Gasteiger partial charge in [-0.2, -0.15) is 0 Å². The number of benzene rings is 1. The first-order chi connectivity index (χ1) is 8.01. The minimum absolute atomic E-state index is 0.00599. The number of piperidine rings is 1. The Balaban J connectivity index is 2.23. The second kappa shape index (κ2) is 4.41. The van der Waals surface area contributed by atoms with Crippen LogP contribution in [0, 0.1) is 5.82 Å². The van der Waals surface area contributed by atoms with Crippen LogP contribution < -0.4 is 11.1 Å². The van der Waals surface area contributed by atoms with Gasteiger partial charge in [0.1, 0.15) is 11.5 Å². The number of amides is 1. The topological polar surface area (TPSA) is 55.1 Å². The van der Waals surface area contributed by atoms with E-state index in [0.29, 0.717) is 12.1 Å². The van der Waals surface area contributed by atoms with E-state index in [1.165, 1.54) is 24.3 Å². The Morgan fingerprint density at radius 2 is 2.06 bits per heavy atom. The summed E-state index contributed by atoms with van der Waals surface area (Å²) in [6.07, 6.45) is 0.246. The van der Waals surface area contributed by atoms with E-state index < -0.39 is 23.4 Å². The van der Waals surface area contributed by atoms with Crippen molar-refractivity contribution in [2.24, 2.45) is 5.73 Å². The van der Waals surface area contributed by atoms with Crippen molar-refractivity contribution in [2.45, 2.75) is 24.6 Å². The van der Waals surface area contributed by atoms with E-state index in [4.69, 9.17) is 5.73 Å². The van der Waals surface area contributed by atoms with Crippen molar-refractivity contribution < 1.29 is 13.6 Å². The third kappa shape index (κ3) is 2.44. The number of alkyl halides is 1. The van der Waals surface area contributed by atoms with Gasteiger partial charge in [0.05, 0.1) is 6.04 Å². The molecule has 1 aliphatic rings. The molecule has 1 heterocycles. The fraction of sp³-hybridized carbons (Fsp3) is 0.417. The van der Waals surface area contributed by atoms with Crippen LogP contribution in [0.3, 0.4) is 0 Å². The molecule has 17 heavy (non-hydrogen) atoms. The average Bonchev–Trinajstić information content (AvgIpc) is 2.29. The molecule has 2 unspecified atom stereocenters. The molecule has 0 radical (unpaired) electrons. The molecule has 1 saturated heterocycles. The third-order valence-corrected chi connectivity index (χ3v) is 3.14. The quantitative estimate of drug-likeness (QED) is 0.816. The lowest BCUT2D eigenvalue weighted by atomic mass is 9.83. The van der Waals surface area contributed by atoms with Crippen LogP contribution in [-0.2, 0) is 10.5 Å². The zero-order valence-electron chi connectivity index (χ0n) is 9.25. The van der Waals surface area contributed by atoms with E-state index in [-0.39, 0.29) is 12.8 Å². The molecule has 0 saturated carbocycles. The van der Waals surface area contributed by atoms with Gasteiger partial charge in [-0.25, -0.2) is 8.78 Å².